The van der Waals surface area contributed by atoms with E-state index in [1.165, 1.54) is 12.1 Å². The quantitative estimate of drug-likeness (QED) is 0.519. The maximum absolute atomic E-state index is 13.9. The Kier molecular flexibility index (Phi) is 5.92. The van der Waals surface area contributed by atoms with Crippen LogP contribution in [0.15, 0.2) is 48.5 Å². The van der Waals surface area contributed by atoms with E-state index in [1.54, 1.807) is 26.0 Å². The highest BCUT2D eigenvalue weighted by Crippen LogP contribution is 2.42. The molecular formula is C24H23ClFN3O2. The number of amides is 1. The van der Waals surface area contributed by atoms with Gasteiger partial charge in [0.25, 0.3) is 0 Å². The molecule has 0 unspecified atom stereocenters. The second kappa shape index (κ2) is 8.63. The lowest BCUT2D eigenvalue weighted by atomic mass is 9.78. The van der Waals surface area contributed by atoms with E-state index in [-0.39, 0.29) is 17.7 Å². The highest BCUT2D eigenvalue weighted by molar-refractivity contribution is 6.30. The van der Waals surface area contributed by atoms with Crippen molar-refractivity contribution in [3.8, 4) is 11.8 Å². The molecule has 0 radical (unpaired) electrons. The highest BCUT2D eigenvalue weighted by atomic mass is 35.5. The molecule has 1 N–H and O–H groups in total. The molecule has 4 rings (SSSR count). The summed E-state index contributed by atoms with van der Waals surface area (Å²) in [4.78, 5) is 22.1. The molecule has 0 atom stereocenters. The molecule has 31 heavy (non-hydrogen) atoms. The number of halogens is 2. The monoisotopic (exact) mass is 439 g/mol. The number of aromatic nitrogens is 2. The zero-order chi connectivity index (χ0) is 22.0. The number of para-hydroxylation sites is 1. The standard InChI is InChI=1S/C24H23ClFN3O2/c1-15-21(16(2)28-23(27-15)31-20-8-4-3-7-19(20)26)29-22(30)24(13-5-6-14-24)17-9-11-18(25)12-10-17/h3-4,7-12H,5-6,13-14H2,1-2H3,(H,29,30). The number of aryl methyl sites for hydroxylation is 2. The van der Waals surface area contributed by atoms with Crippen LogP contribution in [-0.4, -0.2) is 15.9 Å². The second-order valence-electron chi connectivity index (χ2n) is 7.83. The number of rotatable bonds is 5. The fraction of sp³-hybridized carbons (Fsp3) is 0.292. The van der Waals surface area contributed by atoms with E-state index >= 15 is 0 Å². The lowest BCUT2D eigenvalue weighted by molar-refractivity contribution is -0.121. The summed E-state index contributed by atoms with van der Waals surface area (Å²) >= 11 is 6.04. The molecular weight excluding hydrogens is 417 g/mol. The maximum atomic E-state index is 13.9. The van der Waals surface area contributed by atoms with Crippen molar-refractivity contribution in [1.29, 1.82) is 0 Å². The number of anilines is 1. The van der Waals surface area contributed by atoms with Gasteiger partial charge in [-0.1, -0.05) is 48.7 Å². The largest absolute Gasteiger partial charge is 0.421 e. The van der Waals surface area contributed by atoms with Gasteiger partial charge in [0, 0.05) is 5.02 Å². The number of hydrogen-bond donors (Lipinski definition) is 1. The van der Waals surface area contributed by atoms with Crippen molar-refractivity contribution in [3.63, 3.8) is 0 Å². The molecule has 2 aromatic carbocycles. The van der Waals surface area contributed by atoms with E-state index in [4.69, 9.17) is 16.3 Å². The van der Waals surface area contributed by atoms with Crippen molar-refractivity contribution in [2.24, 2.45) is 0 Å². The number of nitrogens with zero attached hydrogens (tertiary/aromatic N) is 2. The number of hydrogen-bond acceptors (Lipinski definition) is 4. The Bertz CT molecular complexity index is 1090. The summed E-state index contributed by atoms with van der Waals surface area (Å²) in [6.07, 6.45) is 3.52. The van der Waals surface area contributed by atoms with Crippen LogP contribution in [-0.2, 0) is 10.2 Å². The van der Waals surface area contributed by atoms with Gasteiger partial charge in [-0.2, -0.15) is 9.97 Å². The predicted octanol–water partition coefficient (Wildman–Crippen LogP) is 6.13. The van der Waals surface area contributed by atoms with Gasteiger partial charge in [0.05, 0.1) is 22.5 Å². The van der Waals surface area contributed by atoms with Gasteiger partial charge in [-0.25, -0.2) is 4.39 Å². The molecule has 1 heterocycles. The number of ether oxygens (including phenoxy) is 1. The fourth-order valence-electron chi connectivity index (χ4n) is 4.17. The Hall–Kier alpha value is -2.99. The molecule has 3 aromatic rings. The van der Waals surface area contributed by atoms with Gasteiger partial charge in [0.1, 0.15) is 0 Å². The third-order valence-electron chi connectivity index (χ3n) is 5.82. The minimum Gasteiger partial charge on any atom is -0.421 e. The van der Waals surface area contributed by atoms with E-state index in [1.807, 2.05) is 24.3 Å². The first-order valence-electron chi connectivity index (χ1n) is 10.2. The first kappa shape index (κ1) is 21.2. The van der Waals surface area contributed by atoms with Crippen molar-refractivity contribution in [2.45, 2.75) is 44.9 Å². The van der Waals surface area contributed by atoms with Gasteiger partial charge in [-0.15, -0.1) is 0 Å². The van der Waals surface area contributed by atoms with Crippen LogP contribution in [0.5, 0.6) is 11.8 Å². The van der Waals surface area contributed by atoms with Gasteiger partial charge in [0.15, 0.2) is 11.6 Å². The zero-order valence-electron chi connectivity index (χ0n) is 17.4. The van der Waals surface area contributed by atoms with Crippen LogP contribution in [0.1, 0.15) is 42.6 Å². The summed E-state index contributed by atoms with van der Waals surface area (Å²) in [5.41, 5.74) is 2.01. The summed E-state index contributed by atoms with van der Waals surface area (Å²) in [7, 11) is 0. The Balaban J connectivity index is 1.60. The molecule has 0 bridgehead atoms. The van der Waals surface area contributed by atoms with Gasteiger partial charge < -0.3 is 10.1 Å². The fourth-order valence-corrected chi connectivity index (χ4v) is 4.29. The minimum absolute atomic E-state index is 0.0337. The topological polar surface area (TPSA) is 64.1 Å². The number of benzene rings is 2. The van der Waals surface area contributed by atoms with E-state index in [0.29, 0.717) is 22.1 Å². The van der Waals surface area contributed by atoms with Crippen molar-refractivity contribution >= 4 is 23.2 Å². The van der Waals surface area contributed by atoms with Crippen LogP contribution in [0, 0.1) is 19.7 Å². The van der Waals surface area contributed by atoms with Crippen LogP contribution < -0.4 is 10.1 Å². The van der Waals surface area contributed by atoms with Crippen LogP contribution in [0.2, 0.25) is 5.02 Å². The minimum atomic E-state index is -0.605. The molecule has 5 nitrogen and oxygen atoms in total. The van der Waals surface area contributed by atoms with E-state index in [0.717, 1.165) is 31.2 Å². The van der Waals surface area contributed by atoms with Crippen LogP contribution >= 0.6 is 11.6 Å². The Morgan fingerprint density at radius 3 is 2.26 bits per heavy atom. The number of nitrogens with one attached hydrogen (secondary N) is 1. The van der Waals surface area contributed by atoms with E-state index in [9.17, 15) is 9.18 Å². The maximum Gasteiger partial charge on any atom is 0.322 e. The van der Waals surface area contributed by atoms with Gasteiger partial charge in [-0.3, -0.25) is 4.79 Å². The number of carbonyl (C=O) groups excluding carboxylic acids is 1. The van der Waals surface area contributed by atoms with Gasteiger partial charge in [-0.05, 0) is 56.5 Å². The first-order valence-corrected chi connectivity index (χ1v) is 10.6. The summed E-state index contributed by atoms with van der Waals surface area (Å²) in [6, 6.07) is 13.6. The third-order valence-corrected chi connectivity index (χ3v) is 6.07. The van der Waals surface area contributed by atoms with Crippen LogP contribution in [0.3, 0.4) is 0 Å². The SMILES string of the molecule is Cc1nc(Oc2ccccc2F)nc(C)c1NC(=O)C1(c2ccc(Cl)cc2)CCCC1. The van der Waals surface area contributed by atoms with Crippen LogP contribution in [0.4, 0.5) is 10.1 Å². The molecule has 1 aliphatic carbocycles. The van der Waals surface area contributed by atoms with Gasteiger partial charge >= 0.3 is 6.01 Å². The molecule has 7 heteroatoms. The molecule has 0 aliphatic heterocycles. The average molecular weight is 440 g/mol. The first-order chi connectivity index (χ1) is 14.9. The van der Waals surface area contributed by atoms with Crippen molar-refractivity contribution in [3.05, 3.63) is 76.3 Å². The second-order valence-corrected chi connectivity index (χ2v) is 8.27. The average Bonchev–Trinajstić information content (AvgIpc) is 3.24. The third kappa shape index (κ3) is 4.26. The molecule has 1 aliphatic rings. The summed E-state index contributed by atoms with van der Waals surface area (Å²) in [5, 5.41) is 3.69. The number of carbonyl (C=O) groups is 1. The lowest BCUT2D eigenvalue weighted by Gasteiger charge is -2.29. The molecule has 1 aromatic heterocycles. The predicted molar refractivity (Wildman–Crippen MR) is 118 cm³/mol. The Labute approximate surface area is 185 Å². The van der Waals surface area contributed by atoms with Crippen molar-refractivity contribution in [1.82, 2.24) is 9.97 Å². The van der Waals surface area contributed by atoms with Gasteiger partial charge in [0.2, 0.25) is 5.91 Å². The van der Waals surface area contributed by atoms with Crippen molar-refractivity contribution in [2.75, 3.05) is 5.32 Å². The summed E-state index contributed by atoms with van der Waals surface area (Å²) in [5.74, 6) is -0.527. The molecule has 0 saturated heterocycles. The molecule has 160 valence electrons. The summed E-state index contributed by atoms with van der Waals surface area (Å²) in [6.45, 7) is 3.53. The summed E-state index contributed by atoms with van der Waals surface area (Å²) < 4.78 is 19.4. The van der Waals surface area contributed by atoms with E-state index in [2.05, 4.69) is 15.3 Å². The molecule has 1 fully saturated rings. The molecule has 1 saturated carbocycles. The zero-order valence-corrected chi connectivity index (χ0v) is 18.2. The van der Waals surface area contributed by atoms with E-state index < -0.39 is 11.2 Å². The Morgan fingerprint density at radius 2 is 1.65 bits per heavy atom. The van der Waals surface area contributed by atoms with Crippen molar-refractivity contribution < 1.29 is 13.9 Å². The highest BCUT2D eigenvalue weighted by Gasteiger charge is 2.43. The molecule has 0 spiro atoms. The molecule has 1 amide bonds. The normalized spacial score (nSPS) is 15.0. The lowest BCUT2D eigenvalue weighted by Crippen LogP contribution is -2.38. The Morgan fingerprint density at radius 1 is 1.03 bits per heavy atom. The smallest absolute Gasteiger partial charge is 0.322 e. The van der Waals surface area contributed by atoms with Crippen LogP contribution in [0.25, 0.3) is 0 Å².